The summed E-state index contributed by atoms with van der Waals surface area (Å²) in [7, 11) is 0. The highest BCUT2D eigenvalue weighted by Crippen LogP contribution is 2.70. The van der Waals surface area contributed by atoms with Crippen LogP contribution in [0.2, 0.25) is 0 Å². The Hall–Kier alpha value is -2.20. The van der Waals surface area contributed by atoms with Gasteiger partial charge >= 0.3 is 0 Å². The molecule has 156 valence electrons. The molecule has 0 aliphatic heterocycles. The number of alkyl halides is 2. The van der Waals surface area contributed by atoms with Crippen molar-refractivity contribution in [3.8, 4) is 17.2 Å². The molecule has 30 heavy (non-hydrogen) atoms. The SMILES string of the molecule is CCOc1ccc(C2(CO)C(Cc3ccc(Oc4ccccc4)cc3)C2(Cl)Cl)cc1. The fourth-order valence-corrected chi connectivity index (χ4v) is 5.12. The highest BCUT2D eigenvalue weighted by atomic mass is 35.5. The number of aliphatic hydroxyl groups excluding tert-OH is 1. The molecule has 4 rings (SSSR count). The fraction of sp³-hybridized carbons (Fsp3) is 0.280. The van der Waals surface area contributed by atoms with Gasteiger partial charge in [-0.1, -0.05) is 42.5 Å². The van der Waals surface area contributed by atoms with Crippen LogP contribution in [0.15, 0.2) is 78.9 Å². The van der Waals surface area contributed by atoms with Gasteiger partial charge in [-0.25, -0.2) is 0 Å². The van der Waals surface area contributed by atoms with Crippen LogP contribution in [0.5, 0.6) is 17.2 Å². The topological polar surface area (TPSA) is 38.7 Å². The zero-order valence-corrected chi connectivity index (χ0v) is 18.2. The summed E-state index contributed by atoms with van der Waals surface area (Å²) in [5.74, 6) is 2.25. The highest BCUT2D eigenvalue weighted by Gasteiger charge is 2.75. The Kier molecular flexibility index (Phi) is 5.97. The number of aliphatic hydroxyl groups is 1. The van der Waals surface area contributed by atoms with E-state index in [1.807, 2.05) is 85.8 Å². The minimum absolute atomic E-state index is 0.0998. The standard InChI is InChI=1S/C25H24Cl2O3/c1-2-29-20-14-10-19(11-15-20)24(17-28)23(25(24,26)27)16-18-8-12-22(13-9-18)30-21-6-4-3-5-7-21/h3-15,23,28H,2,16-17H2,1H3. The predicted octanol–water partition coefficient (Wildman–Crippen LogP) is 6.15. The lowest BCUT2D eigenvalue weighted by Crippen LogP contribution is -2.21. The van der Waals surface area contributed by atoms with Crippen molar-refractivity contribution >= 4 is 23.2 Å². The molecule has 1 fully saturated rings. The third-order valence-corrected chi connectivity index (χ3v) is 7.02. The second-order valence-electron chi connectivity index (χ2n) is 7.53. The Balaban J connectivity index is 1.49. The molecule has 0 aromatic heterocycles. The lowest BCUT2D eigenvalue weighted by atomic mass is 9.91. The zero-order valence-electron chi connectivity index (χ0n) is 16.7. The molecule has 0 heterocycles. The van der Waals surface area contributed by atoms with Gasteiger partial charge in [0.2, 0.25) is 0 Å². The van der Waals surface area contributed by atoms with Crippen LogP contribution < -0.4 is 9.47 Å². The van der Waals surface area contributed by atoms with E-state index in [1.165, 1.54) is 0 Å². The van der Waals surface area contributed by atoms with E-state index in [4.69, 9.17) is 32.7 Å². The van der Waals surface area contributed by atoms with Crippen LogP contribution in [0.4, 0.5) is 0 Å². The average molecular weight is 443 g/mol. The first kappa shape index (κ1) is 21.0. The molecule has 3 aromatic rings. The van der Waals surface area contributed by atoms with Crippen LogP contribution >= 0.6 is 23.2 Å². The first-order chi connectivity index (χ1) is 14.5. The minimum atomic E-state index is -1.03. The van der Waals surface area contributed by atoms with Gasteiger partial charge in [0.05, 0.1) is 18.6 Å². The summed E-state index contributed by atoms with van der Waals surface area (Å²) in [6, 6.07) is 25.2. The summed E-state index contributed by atoms with van der Waals surface area (Å²) < 4.78 is 10.3. The van der Waals surface area contributed by atoms with Gasteiger partial charge < -0.3 is 14.6 Å². The maximum atomic E-state index is 10.3. The van der Waals surface area contributed by atoms with E-state index in [1.54, 1.807) is 0 Å². The lowest BCUT2D eigenvalue weighted by Gasteiger charge is -2.17. The number of rotatable bonds is 8. The Morgan fingerprint density at radius 3 is 2.03 bits per heavy atom. The van der Waals surface area contributed by atoms with E-state index in [9.17, 15) is 5.11 Å². The summed E-state index contributed by atoms with van der Waals surface area (Å²) in [5.41, 5.74) is 1.32. The van der Waals surface area contributed by atoms with Gasteiger partial charge in [0, 0.05) is 5.92 Å². The molecule has 1 aliphatic carbocycles. The molecule has 1 aliphatic rings. The van der Waals surface area contributed by atoms with Crippen LogP contribution in [-0.4, -0.2) is 22.7 Å². The van der Waals surface area contributed by atoms with E-state index in [0.29, 0.717) is 13.0 Å². The average Bonchev–Trinajstić information content (AvgIpc) is 3.25. The van der Waals surface area contributed by atoms with Crippen molar-refractivity contribution in [3.63, 3.8) is 0 Å². The normalized spacial score (nSPS) is 21.8. The van der Waals surface area contributed by atoms with E-state index >= 15 is 0 Å². The quantitative estimate of drug-likeness (QED) is 0.424. The van der Waals surface area contributed by atoms with Crippen molar-refractivity contribution in [2.24, 2.45) is 5.92 Å². The number of hydrogen-bond donors (Lipinski definition) is 1. The molecule has 1 N–H and O–H groups in total. The molecule has 0 bridgehead atoms. The molecular formula is C25H24Cl2O3. The third kappa shape index (κ3) is 3.78. The van der Waals surface area contributed by atoms with E-state index in [-0.39, 0.29) is 12.5 Å². The van der Waals surface area contributed by atoms with Gasteiger partial charge in [-0.15, -0.1) is 23.2 Å². The number of benzene rings is 3. The fourth-order valence-electron chi connectivity index (χ4n) is 4.10. The Morgan fingerprint density at radius 1 is 0.833 bits per heavy atom. The number of halogens is 2. The van der Waals surface area contributed by atoms with Gasteiger partial charge in [0.1, 0.15) is 21.6 Å². The van der Waals surface area contributed by atoms with Crippen molar-refractivity contribution in [1.29, 1.82) is 0 Å². The van der Waals surface area contributed by atoms with Crippen LogP contribution in [0.25, 0.3) is 0 Å². The Bertz CT molecular complexity index is 972. The molecule has 0 saturated heterocycles. The molecular weight excluding hydrogens is 419 g/mol. The van der Waals surface area contributed by atoms with E-state index in [2.05, 4.69) is 0 Å². The van der Waals surface area contributed by atoms with Gasteiger partial charge in [0.25, 0.3) is 0 Å². The highest BCUT2D eigenvalue weighted by molar-refractivity contribution is 6.52. The van der Waals surface area contributed by atoms with Crippen molar-refractivity contribution in [3.05, 3.63) is 90.0 Å². The molecule has 3 aromatic carbocycles. The molecule has 0 spiro atoms. The molecule has 0 amide bonds. The summed E-state index contributed by atoms with van der Waals surface area (Å²) >= 11 is 13.4. The summed E-state index contributed by atoms with van der Waals surface area (Å²) in [5, 5.41) is 10.3. The van der Waals surface area contributed by atoms with Gasteiger partial charge in [-0.3, -0.25) is 0 Å². The number of para-hydroxylation sites is 1. The zero-order chi connectivity index (χ0) is 21.2. The second-order valence-corrected chi connectivity index (χ2v) is 8.91. The maximum Gasteiger partial charge on any atom is 0.134 e. The predicted molar refractivity (Wildman–Crippen MR) is 121 cm³/mol. The van der Waals surface area contributed by atoms with Crippen LogP contribution in [0.1, 0.15) is 18.1 Å². The molecule has 5 heteroatoms. The van der Waals surface area contributed by atoms with Crippen LogP contribution in [0.3, 0.4) is 0 Å². The van der Waals surface area contributed by atoms with Crippen molar-refractivity contribution < 1.29 is 14.6 Å². The third-order valence-electron chi connectivity index (χ3n) is 5.82. The smallest absolute Gasteiger partial charge is 0.134 e. The van der Waals surface area contributed by atoms with Crippen LogP contribution in [-0.2, 0) is 11.8 Å². The van der Waals surface area contributed by atoms with Crippen molar-refractivity contribution in [2.45, 2.75) is 23.1 Å². The number of ether oxygens (including phenoxy) is 2. The van der Waals surface area contributed by atoms with Crippen LogP contribution in [0, 0.1) is 5.92 Å². The van der Waals surface area contributed by atoms with Crippen molar-refractivity contribution in [1.82, 2.24) is 0 Å². The Morgan fingerprint density at radius 2 is 1.43 bits per heavy atom. The molecule has 0 radical (unpaired) electrons. The monoisotopic (exact) mass is 442 g/mol. The number of hydrogen-bond acceptors (Lipinski definition) is 3. The largest absolute Gasteiger partial charge is 0.494 e. The first-order valence-electron chi connectivity index (χ1n) is 10.0. The maximum absolute atomic E-state index is 10.3. The molecule has 2 unspecified atom stereocenters. The molecule has 1 saturated carbocycles. The second kappa shape index (κ2) is 8.50. The van der Waals surface area contributed by atoms with Gasteiger partial charge in [-0.05, 0) is 60.9 Å². The summed E-state index contributed by atoms with van der Waals surface area (Å²) in [6.07, 6.45) is 0.659. The van der Waals surface area contributed by atoms with Gasteiger partial charge in [-0.2, -0.15) is 0 Å². The Labute approximate surface area is 187 Å². The minimum Gasteiger partial charge on any atom is -0.494 e. The van der Waals surface area contributed by atoms with Gasteiger partial charge in [0.15, 0.2) is 0 Å². The van der Waals surface area contributed by atoms with E-state index in [0.717, 1.165) is 28.4 Å². The molecule has 3 nitrogen and oxygen atoms in total. The van der Waals surface area contributed by atoms with E-state index < -0.39 is 9.75 Å². The molecule has 2 atom stereocenters. The first-order valence-corrected chi connectivity index (χ1v) is 10.8. The summed E-state index contributed by atoms with van der Waals surface area (Å²) in [6.45, 7) is 2.43. The lowest BCUT2D eigenvalue weighted by molar-refractivity contribution is 0.244. The van der Waals surface area contributed by atoms with Crippen molar-refractivity contribution in [2.75, 3.05) is 13.2 Å². The summed E-state index contributed by atoms with van der Waals surface area (Å²) in [4.78, 5) is 0.